The number of ketones is 1. The zero-order chi connectivity index (χ0) is 31.3. The first-order chi connectivity index (χ1) is 21.8. The number of fused-ring (bicyclic) bond motifs is 3. The number of nitrogens with one attached hydrogen (secondary N) is 2. The third-order valence-corrected chi connectivity index (χ3v) is 8.93. The minimum Gasteiger partial charge on any atom is -0.321 e. The van der Waals surface area contributed by atoms with Gasteiger partial charge in [-0.1, -0.05) is 76.6 Å². The van der Waals surface area contributed by atoms with Crippen molar-refractivity contribution in [1.82, 2.24) is 5.32 Å². The summed E-state index contributed by atoms with van der Waals surface area (Å²) >= 11 is 4.80. The van der Waals surface area contributed by atoms with E-state index in [9.17, 15) is 18.8 Å². The van der Waals surface area contributed by atoms with Gasteiger partial charge in [-0.05, 0) is 94.9 Å². The normalized spacial score (nSPS) is 11.8. The SMILES string of the molecule is O=C(Nc1ccc(SCC(=O)c2ccc3c(c2)Cc2ccccc2-3)cc1)/C(=C/c1ccc(Br)cc1)NC(=O)c1ccccc1F. The maximum Gasteiger partial charge on any atom is 0.272 e. The largest absolute Gasteiger partial charge is 0.321 e. The molecule has 0 atom stereocenters. The van der Waals surface area contributed by atoms with E-state index in [0.29, 0.717) is 16.8 Å². The Labute approximate surface area is 272 Å². The Hall–Kier alpha value is -4.79. The summed E-state index contributed by atoms with van der Waals surface area (Å²) in [5, 5.41) is 5.35. The summed E-state index contributed by atoms with van der Waals surface area (Å²) in [6, 6.07) is 34.1. The van der Waals surface area contributed by atoms with E-state index in [1.807, 2.05) is 54.6 Å². The molecule has 0 heterocycles. The lowest BCUT2D eigenvalue weighted by molar-refractivity contribution is -0.113. The van der Waals surface area contributed by atoms with Crippen LogP contribution in [0.1, 0.15) is 37.4 Å². The Morgan fingerprint density at radius 2 is 1.51 bits per heavy atom. The number of anilines is 1. The van der Waals surface area contributed by atoms with Gasteiger partial charge in [0.15, 0.2) is 5.78 Å². The van der Waals surface area contributed by atoms with Gasteiger partial charge in [0.05, 0.1) is 11.3 Å². The number of hydrogen-bond acceptors (Lipinski definition) is 4. The fourth-order valence-corrected chi connectivity index (χ4v) is 6.16. The van der Waals surface area contributed by atoms with E-state index in [2.05, 4.69) is 38.7 Å². The lowest BCUT2D eigenvalue weighted by Gasteiger charge is -2.12. The second-order valence-corrected chi connectivity index (χ2v) is 12.4. The van der Waals surface area contributed by atoms with E-state index in [4.69, 9.17) is 0 Å². The van der Waals surface area contributed by atoms with E-state index in [0.717, 1.165) is 15.8 Å². The molecule has 2 amide bonds. The molecule has 0 spiro atoms. The number of thioether (sulfide) groups is 1. The molecule has 0 radical (unpaired) electrons. The fraction of sp³-hybridized carbons (Fsp3) is 0.0541. The first-order valence-corrected chi connectivity index (χ1v) is 15.9. The second kappa shape index (κ2) is 13.5. The highest BCUT2D eigenvalue weighted by Gasteiger charge is 2.20. The summed E-state index contributed by atoms with van der Waals surface area (Å²) in [7, 11) is 0. The molecule has 5 aromatic carbocycles. The molecule has 0 fully saturated rings. The summed E-state index contributed by atoms with van der Waals surface area (Å²) in [5.41, 5.74) is 6.51. The van der Waals surface area contributed by atoms with Crippen molar-refractivity contribution < 1.29 is 18.8 Å². The zero-order valence-electron chi connectivity index (χ0n) is 23.9. The Balaban J connectivity index is 1.10. The Morgan fingerprint density at radius 3 is 2.29 bits per heavy atom. The summed E-state index contributed by atoms with van der Waals surface area (Å²) in [5.74, 6) is -1.68. The van der Waals surface area contributed by atoms with Crippen LogP contribution < -0.4 is 10.6 Å². The van der Waals surface area contributed by atoms with Crippen molar-refractivity contribution in [3.8, 4) is 11.1 Å². The second-order valence-electron chi connectivity index (χ2n) is 10.4. The highest BCUT2D eigenvalue weighted by atomic mass is 79.9. The van der Waals surface area contributed by atoms with E-state index >= 15 is 0 Å². The number of carbonyl (C=O) groups is 3. The van der Waals surface area contributed by atoms with Gasteiger partial charge in [0, 0.05) is 20.6 Å². The molecule has 45 heavy (non-hydrogen) atoms. The van der Waals surface area contributed by atoms with Crippen molar-refractivity contribution in [2.75, 3.05) is 11.1 Å². The number of amides is 2. The molecule has 8 heteroatoms. The Bertz CT molecular complexity index is 1960. The summed E-state index contributed by atoms with van der Waals surface area (Å²) in [6.45, 7) is 0. The molecule has 1 aliphatic rings. The van der Waals surface area contributed by atoms with Crippen LogP contribution in [0.5, 0.6) is 0 Å². The van der Waals surface area contributed by atoms with Gasteiger partial charge >= 0.3 is 0 Å². The molecule has 2 N–H and O–H groups in total. The number of carbonyl (C=O) groups excluding carboxylic acids is 3. The van der Waals surface area contributed by atoms with Gasteiger partial charge in [-0.25, -0.2) is 4.39 Å². The standard InChI is InChI=1S/C37H26BrFN2O3S/c38-27-12-9-23(10-13-27)19-34(41-36(43)32-7-3-4-8-33(32)39)37(44)40-28-14-16-29(17-15-28)45-22-35(42)25-11-18-31-26(21-25)20-24-5-1-2-6-30(24)31/h1-19,21H,20,22H2,(H,40,44)(H,41,43)/b34-19-. The van der Waals surface area contributed by atoms with Gasteiger partial charge in [0.2, 0.25) is 0 Å². The maximum atomic E-state index is 14.3. The molecule has 0 aromatic heterocycles. The summed E-state index contributed by atoms with van der Waals surface area (Å²) in [6.07, 6.45) is 2.35. The first-order valence-electron chi connectivity index (χ1n) is 14.2. The third-order valence-electron chi connectivity index (χ3n) is 7.39. The first kappa shape index (κ1) is 30.2. The van der Waals surface area contributed by atoms with E-state index < -0.39 is 17.6 Å². The van der Waals surface area contributed by atoms with E-state index in [1.165, 1.54) is 58.3 Å². The quantitative estimate of drug-likeness (QED) is 0.0914. The molecule has 5 aromatic rings. The minimum absolute atomic E-state index is 0.0458. The van der Waals surface area contributed by atoms with Crippen molar-refractivity contribution >= 4 is 57.1 Å². The molecule has 1 aliphatic carbocycles. The van der Waals surface area contributed by atoms with Gasteiger partial charge in [-0.2, -0.15) is 0 Å². The van der Waals surface area contributed by atoms with Gasteiger partial charge in [-0.15, -0.1) is 11.8 Å². The molecule has 5 nitrogen and oxygen atoms in total. The van der Waals surface area contributed by atoms with Crippen LogP contribution in [0.15, 0.2) is 130 Å². The number of benzene rings is 5. The molecular weight excluding hydrogens is 651 g/mol. The van der Waals surface area contributed by atoms with Crippen LogP contribution in [0.4, 0.5) is 10.1 Å². The third kappa shape index (κ3) is 7.14. The molecule has 0 bridgehead atoms. The minimum atomic E-state index is -0.740. The van der Waals surface area contributed by atoms with Gasteiger partial charge in [-0.3, -0.25) is 14.4 Å². The van der Waals surface area contributed by atoms with Crippen molar-refractivity contribution in [2.45, 2.75) is 11.3 Å². The Morgan fingerprint density at radius 1 is 0.800 bits per heavy atom. The average molecular weight is 678 g/mol. The smallest absolute Gasteiger partial charge is 0.272 e. The number of Topliss-reactive ketones (excluding diaryl/α,β-unsaturated/α-hetero) is 1. The van der Waals surface area contributed by atoms with Crippen molar-refractivity contribution in [3.63, 3.8) is 0 Å². The monoisotopic (exact) mass is 676 g/mol. The lowest BCUT2D eigenvalue weighted by Crippen LogP contribution is -2.31. The zero-order valence-corrected chi connectivity index (χ0v) is 26.3. The topological polar surface area (TPSA) is 75.3 Å². The number of rotatable bonds is 9. The van der Waals surface area contributed by atoms with Crippen molar-refractivity contribution in [2.24, 2.45) is 0 Å². The number of halogens is 2. The van der Waals surface area contributed by atoms with Gasteiger partial charge < -0.3 is 10.6 Å². The predicted octanol–water partition coefficient (Wildman–Crippen LogP) is 8.54. The van der Waals surface area contributed by atoms with Crippen LogP contribution in [0.3, 0.4) is 0 Å². The molecule has 6 rings (SSSR count). The molecule has 0 aliphatic heterocycles. The van der Waals surface area contributed by atoms with Gasteiger partial charge in [0.1, 0.15) is 11.5 Å². The summed E-state index contributed by atoms with van der Waals surface area (Å²) < 4.78 is 15.1. The predicted molar refractivity (Wildman–Crippen MR) is 181 cm³/mol. The van der Waals surface area contributed by atoms with Crippen LogP contribution in [-0.2, 0) is 11.2 Å². The van der Waals surface area contributed by atoms with Crippen LogP contribution in [0.25, 0.3) is 17.2 Å². The average Bonchev–Trinajstić information content (AvgIpc) is 3.43. The van der Waals surface area contributed by atoms with Crippen LogP contribution in [-0.4, -0.2) is 23.4 Å². The molecule has 0 saturated carbocycles. The lowest BCUT2D eigenvalue weighted by atomic mass is 10.0. The van der Waals surface area contributed by atoms with Crippen molar-refractivity contribution in [1.29, 1.82) is 0 Å². The summed E-state index contributed by atoms with van der Waals surface area (Å²) in [4.78, 5) is 40.0. The van der Waals surface area contributed by atoms with E-state index in [-0.39, 0.29) is 22.8 Å². The number of hydrogen-bond donors (Lipinski definition) is 2. The highest BCUT2D eigenvalue weighted by molar-refractivity contribution is 9.10. The molecule has 222 valence electrons. The van der Waals surface area contributed by atoms with Gasteiger partial charge in [0.25, 0.3) is 11.8 Å². The van der Waals surface area contributed by atoms with E-state index in [1.54, 1.807) is 30.3 Å². The highest BCUT2D eigenvalue weighted by Crippen LogP contribution is 2.37. The Kier molecular flexibility index (Phi) is 9.05. The van der Waals surface area contributed by atoms with Crippen molar-refractivity contribution in [3.05, 3.63) is 159 Å². The van der Waals surface area contributed by atoms with Crippen LogP contribution >= 0.6 is 27.7 Å². The molecular formula is C37H26BrFN2O3S. The van der Waals surface area contributed by atoms with Crippen LogP contribution in [0, 0.1) is 5.82 Å². The molecule has 0 saturated heterocycles. The molecule has 0 unspecified atom stereocenters. The fourth-order valence-electron chi connectivity index (χ4n) is 5.10. The van der Waals surface area contributed by atoms with Crippen LogP contribution in [0.2, 0.25) is 0 Å². The maximum absolute atomic E-state index is 14.3.